The van der Waals surface area contributed by atoms with Crippen molar-refractivity contribution < 1.29 is 0 Å². The molecule has 0 bridgehead atoms. The summed E-state index contributed by atoms with van der Waals surface area (Å²) in [5.41, 5.74) is 6.57. The normalized spacial score (nSPS) is 11.0. The average molecular weight is 349 g/mol. The van der Waals surface area contributed by atoms with E-state index in [-0.39, 0.29) is 0 Å². The SMILES string of the molecule is Brc1ccc2c(-c3ccccc3)n[nH]c(-c3ccccc3)c1-2. The third-order valence-corrected chi connectivity index (χ3v) is 4.46. The van der Waals surface area contributed by atoms with Gasteiger partial charge in [0.05, 0.1) is 11.4 Å². The van der Waals surface area contributed by atoms with Crippen LogP contribution in [0.1, 0.15) is 0 Å². The molecule has 4 rings (SSSR count). The number of nitrogens with zero attached hydrogens (tertiary/aromatic N) is 1. The van der Waals surface area contributed by atoms with E-state index in [1.54, 1.807) is 0 Å². The molecule has 0 atom stereocenters. The molecule has 1 aliphatic heterocycles. The first kappa shape index (κ1) is 13.3. The van der Waals surface area contributed by atoms with E-state index >= 15 is 0 Å². The molecule has 1 N–H and O–H groups in total. The first-order valence-corrected chi connectivity index (χ1v) is 7.91. The summed E-state index contributed by atoms with van der Waals surface area (Å²) in [5, 5.41) is 7.86. The number of hydrogen-bond acceptors (Lipinski definition) is 1. The Morgan fingerprint density at radius 1 is 0.727 bits per heavy atom. The van der Waals surface area contributed by atoms with E-state index in [9.17, 15) is 0 Å². The monoisotopic (exact) mass is 348 g/mol. The minimum absolute atomic E-state index is 0.973. The van der Waals surface area contributed by atoms with Gasteiger partial charge in [-0.15, -0.1) is 0 Å². The van der Waals surface area contributed by atoms with Crippen LogP contribution in [0.2, 0.25) is 0 Å². The highest BCUT2D eigenvalue weighted by molar-refractivity contribution is 9.10. The fourth-order valence-electron chi connectivity index (χ4n) is 2.76. The Hall–Kier alpha value is -2.39. The Kier molecular flexibility index (Phi) is 3.28. The number of halogens is 1. The van der Waals surface area contributed by atoms with Crippen molar-refractivity contribution in [1.29, 1.82) is 0 Å². The highest BCUT2D eigenvalue weighted by Crippen LogP contribution is 2.42. The Bertz CT molecular complexity index is 882. The number of fused-ring (bicyclic) bond motifs is 1. The van der Waals surface area contributed by atoms with Crippen molar-refractivity contribution in [2.75, 3.05) is 0 Å². The Morgan fingerprint density at radius 2 is 1.36 bits per heavy atom. The quantitative estimate of drug-likeness (QED) is 0.501. The lowest BCUT2D eigenvalue weighted by atomic mass is 9.99. The van der Waals surface area contributed by atoms with Crippen molar-refractivity contribution in [2.45, 2.75) is 0 Å². The van der Waals surface area contributed by atoms with Gasteiger partial charge >= 0.3 is 0 Å². The van der Waals surface area contributed by atoms with Gasteiger partial charge < -0.3 is 0 Å². The molecule has 0 saturated heterocycles. The topological polar surface area (TPSA) is 28.7 Å². The zero-order chi connectivity index (χ0) is 14.9. The van der Waals surface area contributed by atoms with Crippen LogP contribution < -0.4 is 0 Å². The van der Waals surface area contributed by atoms with Gasteiger partial charge in [0.25, 0.3) is 0 Å². The maximum atomic E-state index is 4.62. The Balaban J connectivity index is 1.97. The number of rotatable bonds is 2. The summed E-state index contributed by atoms with van der Waals surface area (Å²) in [5.74, 6) is 0. The van der Waals surface area contributed by atoms with Crippen molar-refractivity contribution in [2.24, 2.45) is 0 Å². The van der Waals surface area contributed by atoms with Crippen molar-refractivity contribution >= 4 is 15.9 Å². The first-order chi connectivity index (χ1) is 10.8. The summed E-state index contributed by atoms with van der Waals surface area (Å²) in [7, 11) is 0. The molecular weight excluding hydrogens is 336 g/mol. The lowest BCUT2D eigenvalue weighted by Gasteiger charge is -2.13. The van der Waals surface area contributed by atoms with Gasteiger partial charge in [-0.05, 0) is 6.07 Å². The van der Waals surface area contributed by atoms with Crippen LogP contribution in [0.15, 0.2) is 77.3 Å². The molecule has 0 fully saturated rings. The molecule has 2 aliphatic rings. The van der Waals surface area contributed by atoms with Crippen molar-refractivity contribution in [3.63, 3.8) is 0 Å². The minimum Gasteiger partial charge on any atom is -0.277 e. The maximum absolute atomic E-state index is 4.62. The highest BCUT2D eigenvalue weighted by atomic mass is 79.9. The van der Waals surface area contributed by atoms with Crippen molar-refractivity contribution in [1.82, 2.24) is 10.2 Å². The van der Waals surface area contributed by atoms with E-state index in [2.05, 4.69) is 62.5 Å². The zero-order valence-electron chi connectivity index (χ0n) is 11.8. The van der Waals surface area contributed by atoms with Gasteiger partial charge in [0, 0.05) is 26.7 Å². The smallest absolute Gasteiger partial charge is 0.0985 e. The molecule has 0 aromatic heterocycles. The van der Waals surface area contributed by atoms with Gasteiger partial charge in [0.2, 0.25) is 0 Å². The van der Waals surface area contributed by atoms with Crippen molar-refractivity contribution in [3.8, 4) is 33.6 Å². The molecule has 0 spiro atoms. The van der Waals surface area contributed by atoms with Gasteiger partial charge in [0.1, 0.15) is 0 Å². The van der Waals surface area contributed by atoms with Gasteiger partial charge in [-0.2, -0.15) is 5.10 Å². The Labute approximate surface area is 137 Å². The van der Waals surface area contributed by atoms with E-state index in [4.69, 9.17) is 0 Å². The summed E-state index contributed by atoms with van der Waals surface area (Å²) in [6.45, 7) is 0. The van der Waals surface area contributed by atoms with Gasteiger partial charge in [-0.3, -0.25) is 5.10 Å². The summed E-state index contributed by atoms with van der Waals surface area (Å²) in [6, 6.07) is 24.7. The third kappa shape index (κ3) is 2.14. The highest BCUT2D eigenvalue weighted by Gasteiger charge is 2.20. The summed E-state index contributed by atoms with van der Waals surface area (Å²) in [6.07, 6.45) is 0. The molecule has 2 nitrogen and oxygen atoms in total. The van der Waals surface area contributed by atoms with Gasteiger partial charge in [0.15, 0.2) is 0 Å². The lowest BCUT2D eigenvalue weighted by molar-refractivity contribution is 1.05. The second-order valence-electron chi connectivity index (χ2n) is 5.15. The van der Waals surface area contributed by atoms with E-state index < -0.39 is 0 Å². The second kappa shape index (κ2) is 5.43. The number of aromatic nitrogens is 2. The predicted molar refractivity (Wildman–Crippen MR) is 93.8 cm³/mol. The standard InChI is InChI=1S/C19H13BrN2/c20-16-12-11-15-17(16)19(14-9-5-2-6-10-14)22-21-18(15)13-7-3-1-4-8-13/h1-12,22H. The molecule has 106 valence electrons. The fourth-order valence-corrected chi connectivity index (χ4v) is 3.30. The number of benzene rings is 2. The molecule has 3 heteroatoms. The van der Waals surface area contributed by atoms with Crippen LogP contribution in [-0.4, -0.2) is 10.2 Å². The van der Waals surface area contributed by atoms with Crippen LogP contribution in [-0.2, 0) is 0 Å². The Morgan fingerprint density at radius 3 is 2.05 bits per heavy atom. The molecule has 0 unspecified atom stereocenters. The number of nitrogens with one attached hydrogen (secondary N) is 1. The van der Waals surface area contributed by atoms with Crippen LogP contribution in [0.5, 0.6) is 0 Å². The largest absolute Gasteiger partial charge is 0.277 e. The maximum Gasteiger partial charge on any atom is 0.0985 e. The number of hydrogen-bond donors (Lipinski definition) is 1. The van der Waals surface area contributed by atoms with E-state index in [0.29, 0.717) is 0 Å². The van der Waals surface area contributed by atoms with E-state index in [1.807, 2.05) is 36.4 Å². The molecule has 0 saturated carbocycles. The van der Waals surface area contributed by atoms with Gasteiger partial charge in [-0.1, -0.05) is 82.7 Å². The predicted octanol–water partition coefficient (Wildman–Crippen LogP) is 5.61. The molecular formula is C19H13BrN2. The molecule has 1 aliphatic carbocycles. The average Bonchev–Trinajstić information content (AvgIpc) is 2.98. The number of H-pyrrole nitrogens is 1. The molecule has 22 heavy (non-hydrogen) atoms. The summed E-state index contributed by atoms with van der Waals surface area (Å²) < 4.78 is 1.08. The first-order valence-electron chi connectivity index (χ1n) is 7.12. The summed E-state index contributed by atoms with van der Waals surface area (Å²) in [4.78, 5) is 0. The lowest BCUT2D eigenvalue weighted by Crippen LogP contribution is -1.97. The second-order valence-corrected chi connectivity index (χ2v) is 6.00. The van der Waals surface area contributed by atoms with Crippen LogP contribution in [0.4, 0.5) is 0 Å². The molecule has 2 aromatic rings. The third-order valence-electron chi connectivity index (χ3n) is 3.80. The molecule has 0 amide bonds. The fraction of sp³-hybridized carbons (Fsp3) is 0. The van der Waals surface area contributed by atoms with Crippen LogP contribution in [0.25, 0.3) is 33.6 Å². The molecule has 1 heterocycles. The molecule has 0 radical (unpaired) electrons. The zero-order valence-corrected chi connectivity index (χ0v) is 13.3. The number of aromatic amines is 1. The summed E-state index contributed by atoms with van der Waals surface area (Å²) >= 11 is 3.67. The van der Waals surface area contributed by atoms with Crippen LogP contribution >= 0.6 is 15.9 Å². The molecule has 2 aromatic carbocycles. The van der Waals surface area contributed by atoms with E-state index in [0.717, 1.165) is 32.6 Å². The van der Waals surface area contributed by atoms with Gasteiger partial charge in [-0.25, -0.2) is 0 Å². The van der Waals surface area contributed by atoms with E-state index in [1.165, 1.54) is 5.56 Å². The van der Waals surface area contributed by atoms with Crippen LogP contribution in [0.3, 0.4) is 0 Å². The van der Waals surface area contributed by atoms with Crippen LogP contribution in [0, 0.1) is 0 Å². The minimum atomic E-state index is 0.973. The van der Waals surface area contributed by atoms with Crippen molar-refractivity contribution in [3.05, 3.63) is 77.3 Å².